The van der Waals surface area contributed by atoms with Crippen molar-refractivity contribution in [2.45, 2.75) is 46.3 Å². The van der Waals surface area contributed by atoms with Crippen molar-refractivity contribution in [3.8, 4) is 0 Å². The fraction of sp³-hybridized carbons (Fsp3) is 0.591. The minimum absolute atomic E-state index is 0.158. The highest BCUT2D eigenvalue weighted by Gasteiger charge is 2.27. The van der Waals surface area contributed by atoms with Crippen LogP contribution in [-0.4, -0.2) is 43.6 Å². The van der Waals surface area contributed by atoms with Crippen LogP contribution < -0.4 is 5.32 Å². The van der Waals surface area contributed by atoms with Gasteiger partial charge in [0.2, 0.25) is 0 Å². The van der Waals surface area contributed by atoms with E-state index in [1.165, 1.54) is 12.8 Å². The minimum Gasteiger partial charge on any atom is -0.451 e. The zero-order valence-electron chi connectivity index (χ0n) is 17.0. The second-order valence-corrected chi connectivity index (χ2v) is 8.08. The first-order chi connectivity index (χ1) is 13.0. The van der Waals surface area contributed by atoms with Gasteiger partial charge < -0.3 is 14.5 Å². The lowest BCUT2D eigenvalue weighted by Gasteiger charge is -2.38. The van der Waals surface area contributed by atoms with Crippen molar-refractivity contribution in [3.63, 3.8) is 0 Å². The van der Waals surface area contributed by atoms with E-state index in [0.29, 0.717) is 30.9 Å². The van der Waals surface area contributed by atoms with Crippen LogP contribution in [0.15, 0.2) is 28.7 Å². The number of para-hydroxylation sites is 1. The van der Waals surface area contributed by atoms with Gasteiger partial charge in [0.25, 0.3) is 5.91 Å². The normalized spacial score (nSPS) is 17.5. The van der Waals surface area contributed by atoms with Crippen LogP contribution in [0.5, 0.6) is 0 Å². The summed E-state index contributed by atoms with van der Waals surface area (Å²) >= 11 is 0. The molecule has 5 heteroatoms. The average Bonchev–Trinajstić information content (AvgIpc) is 3.02. The molecule has 148 valence electrons. The lowest BCUT2D eigenvalue weighted by molar-refractivity contribution is 0.0837. The summed E-state index contributed by atoms with van der Waals surface area (Å²) in [4.78, 5) is 15.4. The van der Waals surface area contributed by atoms with Gasteiger partial charge in [-0.2, -0.15) is 0 Å². The van der Waals surface area contributed by atoms with Crippen LogP contribution in [0.3, 0.4) is 0 Å². The summed E-state index contributed by atoms with van der Waals surface area (Å²) in [5, 5.41) is 4.06. The molecule has 5 nitrogen and oxygen atoms in total. The summed E-state index contributed by atoms with van der Waals surface area (Å²) in [6.45, 7) is 9.99. The molecular weight excluding hydrogens is 340 g/mol. The van der Waals surface area contributed by atoms with Crippen molar-refractivity contribution >= 4 is 16.9 Å². The van der Waals surface area contributed by atoms with E-state index in [1.807, 2.05) is 24.3 Å². The number of rotatable bonds is 7. The highest BCUT2D eigenvalue weighted by molar-refractivity contribution is 5.99. The number of carbonyl (C=O) groups is 1. The topological polar surface area (TPSA) is 54.7 Å². The summed E-state index contributed by atoms with van der Waals surface area (Å²) in [5.41, 5.74) is 1.54. The molecular formula is C22H32N2O3. The van der Waals surface area contributed by atoms with Crippen molar-refractivity contribution in [2.75, 3.05) is 26.7 Å². The summed E-state index contributed by atoms with van der Waals surface area (Å²) in [7, 11) is 1.63. The number of benzene rings is 1. The molecule has 1 saturated heterocycles. The molecule has 1 fully saturated rings. The third kappa shape index (κ3) is 4.53. The lowest BCUT2D eigenvalue weighted by atomic mass is 9.94. The Hall–Kier alpha value is -1.85. The van der Waals surface area contributed by atoms with E-state index in [2.05, 4.69) is 31.0 Å². The minimum atomic E-state index is -0.158. The zero-order chi connectivity index (χ0) is 19.4. The number of nitrogens with zero attached hydrogens (tertiary/aromatic N) is 1. The van der Waals surface area contributed by atoms with Crippen LogP contribution in [-0.2, 0) is 11.3 Å². The van der Waals surface area contributed by atoms with Crippen LogP contribution in [0.25, 0.3) is 11.0 Å². The summed E-state index contributed by atoms with van der Waals surface area (Å²) in [6.07, 6.45) is 2.47. The standard InChI is InChI=1S/C22H32N2O3/c1-15(2)19(24-11-9-16(3)10-12-24)13-23-22(25)21-18(14-26-4)17-7-5-6-8-20(17)27-21/h5-8,15-16,19H,9-14H2,1-4H3,(H,23,25). The van der Waals surface area contributed by atoms with Crippen LogP contribution in [0.1, 0.15) is 49.7 Å². The van der Waals surface area contributed by atoms with E-state index in [4.69, 9.17) is 9.15 Å². The first-order valence-electron chi connectivity index (χ1n) is 10.0. The molecule has 2 heterocycles. The van der Waals surface area contributed by atoms with Gasteiger partial charge in [-0.3, -0.25) is 9.69 Å². The van der Waals surface area contributed by atoms with Gasteiger partial charge in [-0.15, -0.1) is 0 Å². The number of furan rings is 1. The molecule has 27 heavy (non-hydrogen) atoms. The number of fused-ring (bicyclic) bond motifs is 1. The first kappa shape index (κ1) is 19.9. The largest absolute Gasteiger partial charge is 0.451 e. The smallest absolute Gasteiger partial charge is 0.287 e. The molecule has 1 aromatic carbocycles. The van der Waals surface area contributed by atoms with Gasteiger partial charge in [0.15, 0.2) is 5.76 Å². The Morgan fingerprint density at radius 3 is 2.67 bits per heavy atom. The second kappa shape index (κ2) is 8.89. The Kier molecular flexibility index (Phi) is 6.55. The maximum atomic E-state index is 12.9. The van der Waals surface area contributed by atoms with E-state index in [1.54, 1.807) is 7.11 Å². The molecule has 1 aliphatic rings. The fourth-order valence-electron chi connectivity index (χ4n) is 3.99. The Labute approximate surface area is 162 Å². The van der Waals surface area contributed by atoms with Crippen molar-refractivity contribution in [1.29, 1.82) is 0 Å². The van der Waals surface area contributed by atoms with Gasteiger partial charge in [-0.1, -0.05) is 39.0 Å². The fourth-order valence-corrected chi connectivity index (χ4v) is 3.99. The maximum absolute atomic E-state index is 12.9. The molecule has 1 atom stereocenters. The van der Waals surface area contributed by atoms with Crippen molar-refractivity contribution < 1.29 is 13.9 Å². The monoisotopic (exact) mass is 372 g/mol. The molecule has 3 rings (SSSR count). The van der Waals surface area contributed by atoms with Gasteiger partial charge in [0, 0.05) is 30.6 Å². The van der Waals surface area contributed by atoms with Crippen molar-refractivity contribution in [1.82, 2.24) is 10.2 Å². The van der Waals surface area contributed by atoms with E-state index < -0.39 is 0 Å². The van der Waals surface area contributed by atoms with Crippen LogP contribution >= 0.6 is 0 Å². The summed E-state index contributed by atoms with van der Waals surface area (Å²) < 4.78 is 11.2. The van der Waals surface area contributed by atoms with Crippen LogP contribution in [0.2, 0.25) is 0 Å². The molecule has 1 amide bonds. The van der Waals surface area contributed by atoms with Gasteiger partial charge in [-0.05, 0) is 43.8 Å². The van der Waals surface area contributed by atoms with E-state index in [0.717, 1.165) is 35.5 Å². The molecule has 2 aromatic rings. The van der Waals surface area contributed by atoms with Gasteiger partial charge in [-0.25, -0.2) is 0 Å². The SMILES string of the molecule is COCc1c(C(=O)NCC(C(C)C)N2CCC(C)CC2)oc2ccccc12. The number of hydrogen-bond acceptors (Lipinski definition) is 4. The molecule has 1 N–H and O–H groups in total. The average molecular weight is 373 g/mol. The Bertz CT molecular complexity index is 760. The van der Waals surface area contributed by atoms with Crippen LogP contribution in [0.4, 0.5) is 0 Å². The second-order valence-electron chi connectivity index (χ2n) is 8.08. The first-order valence-corrected chi connectivity index (χ1v) is 10.0. The van der Waals surface area contributed by atoms with Gasteiger partial charge >= 0.3 is 0 Å². The number of nitrogens with one attached hydrogen (secondary N) is 1. The number of piperidine rings is 1. The molecule has 1 aromatic heterocycles. The van der Waals surface area contributed by atoms with Crippen molar-refractivity contribution in [3.05, 3.63) is 35.6 Å². The number of amides is 1. The quantitative estimate of drug-likeness (QED) is 0.796. The Morgan fingerprint density at radius 2 is 2.00 bits per heavy atom. The number of hydrogen-bond donors (Lipinski definition) is 1. The predicted molar refractivity (Wildman–Crippen MR) is 108 cm³/mol. The highest BCUT2D eigenvalue weighted by Crippen LogP contribution is 2.27. The summed E-state index contributed by atoms with van der Waals surface area (Å²) in [6, 6.07) is 8.06. The maximum Gasteiger partial charge on any atom is 0.287 e. The summed E-state index contributed by atoms with van der Waals surface area (Å²) in [5.74, 6) is 1.49. The molecule has 0 bridgehead atoms. The number of likely N-dealkylation sites (tertiary alicyclic amines) is 1. The van der Waals surface area contributed by atoms with E-state index >= 15 is 0 Å². The molecule has 0 aliphatic carbocycles. The number of methoxy groups -OCH3 is 1. The number of ether oxygens (including phenoxy) is 1. The molecule has 1 unspecified atom stereocenters. The van der Waals surface area contributed by atoms with Crippen LogP contribution in [0, 0.1) is 11.8 Å². The molecule has 1 aliphatic heterocycles. The third-order valence-electron chi connectivity index (χ3n) is 5.72. The third-order valence-corrected chi connectivity index (χ3v) is 5.72. The lowest BCUT2D eigenvalue weighted by Crippen LogP contribution is -2.49. The zero-order valence-corrected chi connectivity index (χ0v) is 17.0. The van der Waals surface area contributed by atoms with E-state index in [9.17, 15) is 4.79 Å². The molecule has 0 radical (unpaired) electrons. The van der Waals surface area contributed by atoms with Gasteiger partial charge in [0.05, 0.1) is 6.61 Å². The highest BCUT2D eigenvalue weighted by atomic mass is 16.5. The van der Waals surface area contributed by atoms with Gasteiger partial charge in [0.1, 0.15) is 5.58 Å². The predicted octanol–water partition coefficient (Wildman–Crippen LogP) is 4.07. The van der Waals surface area contributed by atoms with E-state index in [-0.39, 0.29) is 5.91 Å². The Morgan fingerprint density at radius 1 is 1.30 bits per heavy atom. The number of carbonyl (C=O) groups excluding carboxylic acids is 1. The molecule has 0 saturated carbocycles. The van der Waals surface area contributed by atoms with Crippen molar-refractivity contribution in [2.24, 2.45) is 11.8 Å². The molecule has 0 spiro atoms. The Balaban J connectivity index is 1.72.